The molecule has 0 aliphatic rings. The van der Waals surface area contributed by atoms with Crippen molar-refractivity contribution in [1.29, 1.82) is 0 Å². The molecule has 4 heteroatoms. The number of aryl methyl sites for hydroxylation is 1. The van der Waals surface area contributed by atoms with E-state index in [4.69, 9.17) is 10.5 Å². The van der Waals surface area contributed by atoms with Crippen LogP contribution in [0.2, 0.25) is 0 Å². The second-order valence-electron chi connectivity index (χ2n) is 2.92. The van der Waals surface area contributed by atoms with Gasteiger partial charge in [-0.25, -0.2) is 4.98 Å². The lowest BCUT2D eigenvalue weighted by Crippen LogP contribution is -2.10. The van der Waals surface area contributed by atoms with E-state index in [-0.39, 0.29) is 0 Å². The first-order valence-electron chi connectivity index (χ1n) is 4.65. The zero-order chi connectivity index (χ0) is 9.52. The number of ether oxygens (including phenoxy) is 1. The van der Waals surface area contributed by atoms with Crippen LogP contribution in [0.15, 0.2) is 12.5 Å². The van der Waals surface area contributed by atoms with Crippen molar-refractivity contribution in [3.8, 4) is 0 Å². The van der Waals surface area contributed by atoms with E-state index in [1.54, 1.807) is 0 Å². The topological polar surface area (TPSA) is 53.1 Å². The van der Waals surface area contributed by atoms with E-state index in [0.29, 0.717) is 19.8 Å². The molecule has 0 aromatic carbocycles. The normalized spacial score (nSPS) is 10.6. The zero-order valence-corrected chi connectivity index (χ0v) is 8.07. The fourth-order valence-corrected chi connectivity index (χ4v) is 1.17. The monoisotopic (exact) mass is 183 g/mol. The van der Waals surface area contributed by atoms with E-state index < -0.39 is 0 Å². The highest BCUT2D eigenvalue weighted by Gasteiger charge is 1.99. The van der Waals surface area contributed by atoms with Crippen LogP contribution in [0.1, 0.15) is 19.0 Å². The average molecular weight is 183 g/mol. The highest BCUT2D eigenvalue weighted by molar-refractivity contribution is 4.96. The first-order valence-corrected chi connectivity index (χ1v) is 4.65. The molecule has 74 valence electrons. The third kappa shape index (κ3) is 3.16. The number of hydrogen-bond acceptors (Lipinski definition) is 3. The lowest BCUT2D eigenvalue weighted by Gasteiger charge is -2.06. The molecule has 0 saturated heterocycles. The SMILES string of the molecule is CCCn1cncc1COCCN. The minimum absolute atomic E-state index is 0.571. The Bertz CT molecular complexity index is 235. The fraction of sp³-hybridized carbons (Fsp3) is 0.667. The molecule has 2 N–H and O–H groups in total. The Labute approximate surface area is 78.7 Å². The number of rotatable bonds is 6. The average Bonchev–Trinajstić information content (AvgIpc) is 2.54. The number of imidazole rings is 1. The molecule has 13 heavy (non-hydrogen) atoms. The summed E-state index contributed by atoms with van der Waals surface area (Å²) in [6.07, 6.45) is 4.79. The minimum Gasteiger partial charge on any atom is -0.374 e. The van der Waals surface area contributed by atoms with Crippen LogP contribution < -0.4 is 5.73 Å². The molecule has 0 atom stereocenters. The van der Waals surface area contributed by atoms with E-state index in [9.17, 15) is 0 Å². The lowest BCUT2D eigenvalue weighted by atomic mass is 10.4. The number of aromatic nitrogens is 2. The molecule has 0 spiro atoms. The van der Waals surface area contributed by atoms with Crippen LogP contribution in [0.5, 0.6) is 0 Å². The summed E-state index contributed by atoms with van der Waals surface area (Å²) in [5.41, 5.74) is 6.44. The van der Waals surface area contributed by atoms with Crippen LogP contribution in [-0.2, 0) is 17.9 Å². The van der Waals surface area contributed by atoms with Crippen molar-refractivity contribution in [2.45, 2.75) is 26.5 Å². The summed E-state index contributed by atoms with van der Waals surface area (Å²) in [6.45, 7) is 4.93. The molecule has 0 unspecified atom stereocenters. The molecular weight excluding hydrogens is 166 g/mol. The predicted molar refractivity (Wildman–Crippen MR) is 51.2 cm³/mol. The maximum atomic E-state index is 5.33. The Balaban J connectivity index is 2.40. The molecule has 0 amide bonds. The van der Waals surface area contributed by atoms with Gasteiger partial charge in [-0.2, -0.15) is 0 Å². The molecule has 0 radical (unpaired) electrons. The van der Waals surface area contributed by atoms with Gasteiger partial charge in [0, 0.05) is 13.1 Å². The van der Waals surface area contributed by atoms with Gasteiger partial charge in [0.1, 0.15) is 0 Å². The summed E-state index contributed by atoms with van der Waals surface area (Å²) in [6, 6.07) is 0. The van der Waals surface area contributed by atoms with Crippen molar-refractivity contribution in [3.63, 3.8) is 0 Å². The van der Waals surface area contributed by atoms with Gasteiger partial charge in [-0.05, 0) is 6.42 Å². The van der Waals surface area contributed by atoms with E-state index in [2.05, 4.69) is 16.5 Å². The molecule has 0 saturated carbocycles. The smallest absolute Gasteiger partial charge is 0.0948 e. The first-order chi connectivity index (χ1) is 6.38. The van der Waals surface area contributed by atoms with Crippen molar-refractivity contribution in [2.24, 2.45) is 5.73 Å². The van der Waals surface area contributed by atoms with Gasteiger partial charge < -0.3 is 15.0 Å². The van der Waals surface area contributed by atoms with Crippen LogP contribution in [0, 0.1) is 0 Å². The Hall–Kier alpha value is -0.870. The predicted octanol–water partition coefficient (Wildman–Crippen LogP) is 0.768. The van der Waals surface area contributed by atoms with Gasteiger partial charge in [-0.3, -0.25) is 0 Å². The first kappa shape index (κ1) is 10.2. The third-order valence-corrected chi connectivity index (χ3v) is 1.78. The van der Waals surface area contributed by atoms with Gasteiger partial charge in [-0.1, -0.05) is 6.92 Å². The van der Waals surface area contributed by atoms with Gasteiger partial charge in [0.15, 0.2) is 0 Å². The van der Waals surface area contributed by atoms with E-state index in [1.807, 2.05) is 12.5 Å². The molecule has 1 aromatic rings. The molecule has 1 aromatic heterocycles. The van der Waals surface area contributed by atoms with E-state index in [1.165, 1.54) is 0 Å². The van der Waals surface area contributed by atoms with Crippen molar-refractivity contribution < 1.29 is 4.74 Å². The van der Waals surface area contributed by atoms with Crippen molar-refractivity contribution >= 4 is 0 Å². The highest BCUT2D eigenvalue weighted by atomic mass is 16.5. The number of nitrogens with zero attached hydrogens (tertiary/aromatic N) is 2. The number of nitrogens with two attached hydrogens (primary N) is 1. The molecule has 0 aliphatic carbocycles. The molecule has 0 aliphatic heterocycles. The lowest BCUT2D eigenvalue weighted by molar-refractivity contribution is 0.123. The second-order valence-corrected chi connectivity index (χ2v) is 2.92. The van der Waals surface area contributed by atoms with Gasteiger partial charge >= 0.3 is 0 Å². The summed E-state index contributed by atoms with van der Waals surface area (Å²) >= 11 is 0. The Morgan fingerprint density at radius 2 is 2.46 bits per heavy atom. The summed E-state index contributed by atoms with van der Waals surface area (Å²) in [7, 11) is 0. The summed E-state index contributed by atoms with van der Waals surface area (Å²) in [4.78, 5) is 4.07. The van der Waals surface area contributed by atoms with Gasteiger partial charge in [0.05, 0.1) is 31.4 Å². The standard InChI is InChI=1S/C9H17N3O/c1-2-4-12-8-11-6-9(12)7-13-5-3-10/h6,8H,2-5,7,10H2,1H3. The van der Waals surface area contributed by atoms with Gasteiger partial charge in [0.25, 0.3) is 0 Å². The molecule has 1 rings (SSSR count). The molecular formula is C9H17N3O. The summed E-state index contributed by atoms with van der Waals surface area (Å²) in [5, 5.41) is 0. The molecule has 0 fully saturated rings. The van der Waals surface area contributed by atoms with Crippen LogP contribution in [0.4, 0.5) is 0 Å². The maximum absolute atomic E-state index is 5.33. The summed E-state index contributed by atoms with van der Waals surface area (Å²) < 4.78 is 7.44. The zero-order valence-electron chi connectivity index (χ0n) is 8.07. The molecule has 4 nitrogen and oxygen atoms in total. The fourth-order valence-electron chi connectivity index (χ4n) is 1.17. The highest BCUT2D eigenvalue weighted by Crippen LogP contribution is 2.02. The van der Waals surface area contributed by atoms with Crippen LogP contribution in [-0.4, -0.2) is 22.7 Å². The van der Waals surface area contributed by atoms with Crippen molar-refractivity contribution in [1.82, 2.24) is 9.55 Å². The molecule has 1 heterocycles. The second kappa shape index (κ2) is 5.72. The minimum atomic E-state index is 0.571. The Morgan fingerprint density at radius 1 is 1.62 bits per heavy atom. The van der Waals surface area contributed by atoms with E-state index in [0.717, 1.165) is 18.7 Å². The van der Waals surface area contributed by atoms with Crippen LogP contribution in [0.25, 0.3) is 0 Å². The van der Waals surface area contributed by atoms with Crippen LogP contribution in [0.3, 0.4) is 0 Å². The Kier molecular flexibility index (Phi) is 4.49. The quantitative estimate of drug-likeness (QED) is 0.663. The van der Waals surface area contributed by atoms with Crippen LogP contribution >= 0.6 is 0 Å². The Morgan fingerprint density at radius 3 is 3.15 bits per heavy atom. The number of hydrogen-bond donors (Lipinski definition) is 1. The van der Waals surface area contributed by atoms with Crippen molar-refractivity contribution in [2.75, 3.05) is 13.2 Å². The summed E-state index contributed by atoms with van der Waals surface area (Å²) in [5.74, 6) is 0. The third-order valence-electron chi connectivity index (χ3n) is 1.78. The van der Waals surface area contributed by atoms with Gasteiger partial charge in [-0.15, -0.1) is 0 Å². The van der Waals surface area contributed by atoms with Crippen molar-refractivity contribution in [3.05, 3.63) is 18.2 Å². The molecule has 0 bridgehead atoms. The maximum Gasteiger partial charge on any atom is 0.0948 e. The largest absolute Gasteiger partial charge is 0.374 e. The van der Waals surface area contributed by atoms with Gasteiger partial charge in [0.2, 0.25) is 0 Å². The van der Waals surface area contributed by atoms with E-state index >= 15 is 0 Å².